The third-order valence-corrected chi connectivity index (χ3v) is 6.60. The Morgan fingerprint density at radius 3 is 2.39 bits per heavy atom. The number of ether oxygens (including phenoxy) is 3. The molecule has 0 fully saturated rings. The van der Waals surface area contributed by atoms with E-state index in [0.717, 1.165) is 21.2 Å². The molecule has 0 aliphatic heterocycles. The van der Waals surface area contributed by atoms with Crippen molar-refractivity contribution in [3.8, 4) is 17.2 Å². The number of hydrazone groups is 1. The molecule has 38 heavy (non-hydrogen) atoms. The molecule has 0 heterocycles. The number of carbonyl (C=O) groups excluding carboxylic acids is 1. The van der Waals surface area contributed by atoms with Gasteiger partial charge < -0.3 is 14.2 Å². The Morgan fingerprint density at radius 2 is 1.66 bits per heavy atom. The van der Waals surface area contributed by atoms with E-state index in [2.05, 4.69) is 26.5 Å². The molecule has 4 rings (SSSR count). The molecule has 0 spiro atoms. The average Bonchev–Trinajstić information content (AvgIpc) is 2.92. The third-order valence-electron chi connectivity index (χ3n) is 5.40. The largest absolute Gasteiger partial charge is 0.493 e. The molecule has 0 bridgehead atoms. The molecule has 4 aromatic rings. The molecule has 0 aromatic heterocycles. The van der Waals surface area contributed by atoms with E-state index in [1.165, 1.54) is 13.3 Å². The topological polar surface area (TPSA) is 69.2 Å². The van der Waals surface area contributed by atoms with Crippen LogP contribution in [0.25, 0.3) is 0 Å². The number of nitrogens with one attached hydrogen (secondary N) is 1. The summed E-state index contributed by atoms with van der Waals surface area (Å²) in [6.45, 7) is 0.680. The van der Waals surface area contributed by atoms with Gasteiger partial charge in [-0.2, -0.15) is 5.10 Å². The van der Waals surface area contributed by atoms with Gasteiger partial charge in [-0.25, -0.2) is 5.43 Å². The molecule has 0 atom stereocenters. The number of rotatable bonds is 10. The van der Waals surface area contributed by atoms with E-state index in [-0.39, 0.29) is 12.5 Å². The fraction of sp³-hybridized carbons (Fsp3) is 0.103. The Hall–Kier alpha value is -3.52. The SMILES string of the molecule is COc1cc(C(=O)N/N=C/c2ccc(OCc3ccc(Cl)cc3Cl)c(Br)c2)ccc1OCc1ccccc1. The van der Waals surface area contributed by atoms with E-state index < -0.39 is 0 Å². The summed E-state index contributed by atoms with van der Waals surface area (Å²) in [5.74, 6) is 1.26. The normalized spacial score (nSPS) is 10.8. The minimum atomic E-state index is -0.381. The van der Waals surface area contributed by atoms with Crippen LogP contribution < -0.4 is 19.6 Å². The Balaban J connectivity index is 1.33. The number of methoxy groups -OCH3 is 1. The van der Waals surface area contributed by atoms with Gasteiger partial charge in [0.1, 0.15) is 19.0 Å². The molecular weight excluding hydrogens is 591 g/mol. The zero-order chi connectivity index (χ0) is 26.9. The maximum absolute atomic E-state index is 12.6. The Kier molecular flexibility index (Phi) is 9.65. The first-order valence-electron chi connectivity index (χ1n) is 11.5. The molecule has 0 aliphatic rings. The van der Waals surface area contributed by atoms with Crippen molar-refractivity contribution in [2.24, 2.45) is 5.10 Å². The fourth-order valence-corrected chi connectivity index (χ4v) is 4.38. The quantitative estimate of drug-likeness (QED) is 0.147. The molecule has 9 heteroatoms. The Morgan fingerprint density at radius 1 is 0.895 bits per heavy atom. The first-order chi connectivity index (χ1) is 18.4. The van der Waals surface area contributed by atoms with Crippen molar-refractivity contribution in [3.05, 3.63) is 122 Å². The highest BCUT2D eigenvalue weighted by Gasteiger charge is 2.11. The van der Waals surface area contributed by atoms with Crippen molar-refractivity contribution in [2.45, 2.75) is 13.2 Å². The van der Waals surface area contributed by atoms with Crippen LogP contribution in [-0.2, 0) is 13.2 Å². The first kappa shape index (κ1) is 27.5. The van der Waals surface area contributed by atoms with E-state index in [4.69, 9.17) is 37.4 Å². The van der Waals surface area contributed by atoms with Crippen LogP contribution in [0.15, 0.2) is 94.5 Å². The summed E-state index contributed by atoms with van der Waals surface area (Å²) < 4.78 is 17.9. The molecule has 1 amide bonds. The van der Waals surface area contributed by atoms with Crippen LogP contribution in [0.4, 0.5) is 0 Å². The lowest BCUT2D eigenvalue weighted by Gasteiger charge is -2.12. The standard InChI is InChI=1S/C29H23BrCl2N2O4/c1-36-28-14-21(9-12-27(28)37-17-19-5-3-2-4-6-19)29(35)34-33-16-20-7-11-26(24(30)13-20)38-18-22-8-10-23(31)15-25(22)32/h2-16H,17-18H2,1H3,(H,34,35)/b33-16+. The van der Waals surface area contributed by atoms with Gasteiger partial charge in [0.15, 0.2) is 11.5 Å². The van der Waals surface area contributed by atoms with Gasteiger partial charge in [-0.15, -0.1) is 0 Å². The van der Waals surface area contributed by atoms with E-state index in [1.807, 2.05) is 48.5 Å². The molecule has 0 saturated heterocycles. The van der Waals surface area contributed by atoms with Gasteiger partial charge in [0.05, 0.1) is 17.8 Å². The number of amides is 1. The number of hydrogen-bond acceptors (Lipinski definition) is 5. The summed E-state index contributed by atoms with van der Waals surface area (Å²) in [7, 11) is 1.53. The number of halogens is 3. The van der Waals surface area contributed by atoms with Crippen LogP contribution in [0.1, 0.15) is 27.0 Å². The van der Waals surface area contributed by atoms with Crippen molar-refractivity contribution < 1.29 is 19.0 Å². The highest BCUT2D eigenvalue weighted by atomic mass is 79.9. The molecular formula is C29H23BrCl2N2O4. The highest BCUT2D eigenvalue weighted by molar-refractivity contribution is 9.10. The van der Waals surface area contributed by atoms with Crippen molar-refractivity contribution in [1.82, 2.24) is 5.43 Å². The second-order valence-electron chi connectivity index (χ2n) is 8.05. The van der Waals surface area contributed by atoms with Gasteiger partial charge in [0.2, 0.25) is 0 Å². The van der Waals surface area contributed by atoms with Crippen LogP contribution in [0.5, 0.6) is 17.2 Å². The van der Waals surface area contributed by atoms with Gasteiger partial charge in [0, 0.05) is 21.2 Å². The summed E-state index contributed by atoms with van der Waals surface area (Å²) in [6, 6.07) is 25.5. The van der Waals surface area contributed by atoms with Gasteiger partial charge in [-0.3, -0.25) is 4.79 Å². The van der Waals surface area contributed by atoms with Crippen LogP contribution in [-0.4, -0.2) is 19.2 Å². The summed E-state index contributed by atoms with van der Waals surface area (Å²) in [4.78, 5) is 12.6. The van der Waals surface area contributed by atoms with E-state index >= 15 is 0 Å². The van der Waals surface area contributed by atoms with Crippen molar-refractivity contribution in [3.63, 3.8) is 0 Å². The predicted molar refractivity (Wildman–Crippen MR) is 154 cm³/mol. The van der Waals surface area contributed by atoms with Crippen molar-refractivity contribution in [1.29, 1.82) is 0 Å². The molecule has 194 valence electrons. The van der Waals surface area contributed by atoms with E-state index in [1.54, 1.807) is 36.4 Å². The van der Waals surface area contributed by atoms with Crippen LogP contribution >= 0.6 is 39.1 Å². The lowest BCUT2D eigenvalue weighted by Crippen LogP contribution is -2.17. The molecule has 1 N–H and O–H groups in total. The number of carbonyl (C=O) groups is 1. The van der Waals surface area contributed by atoms with Crippen molar-refractivity contribution >= 4 is 51.3 Å². The minimum absolute atomic E-state index is 0.289. The van der Waals surface area contributed by atoms with Gasteiger partial charge in [0.25, 0.3) is 5.91 Å². The molecule has 4 aromatic carbocycles. The smallest absolute Gasteiger partial charge is 0.271 e. The summed E-state index contributed by atoms with van der Waals surface area (Å²) in [5.41, 5.74) is 5.53. The Labute approximate surface area is 239 Å². The van der Waals surface area contributed by atoms with E-state index in [0.29, 0.717) is 39.5 Å². The second-order valence-corrected chi connectivity index (χ2v) is 9.75. The second kappa shape index (κ2) is 13.3. The molecule has 6 nitrogen and oxygen atoms in total. The predicted octanol–water partition coefficient (Wildman–Crippen LogP) is 7.69. The third kappa shape index (κ3) is 7.51. The fourth-order valence-electron chi connectivity index (χ4n) is 3.40. The number of hydrogen-bond donors (Lipinski definition) is 1. The first-order valence-corrected chi connectivity index (χ1v) is 13.0. The monoisotopic (exact) mass is 612 g/mol. The minimum Gasteiger partial charge on any atom is -0.493 e. The zero-order valence-corrected chi connectivity index (χ0v) is 23.4. The van der Waals surface area contributed by atoms with Crippen LogP contribution in [0.2, 0.25) is 10.0 Å². The van der Waals surface area contributed by atoms with Gasteiger partial charge >= 0.3 is 0 Å². The summed E-state index contributed by atoms with van der Waals surface area (Å²) >= 11 is 15.7. The van der Waals surface area contributed by atoms with Gasteiger partial charge in [-0.1, -0.05) is 59.6 Å². The number of nitrogens with zero attached hydrogens (tertiary/aromatic N) is 1. The molecule has 0 saturated carbocycles. The maximum Gasteiger partial charge on any atom is 0.271 e. The average molecular weight is 614 g/mol. The van der Waals surface area contributed by atoms with E-state index in [9.17, 15) is 4.79 Å². The van der Waals surface area contributed by atoms with Crippen LogP contribution in [0.3, 0.4) is 0 Å². The molecule has 0 radical (unpaired) electrons. The van der Waals surface area contributed by atoms with Crippen LogP contribution in [0, 0.1) is 0 Å². The highest BCUT2D eigenvalue weighted by Crippen LogP contribution is 2.30. The zero-order valence-electron chi connectivity index (χ0n) is 20.3. The molecule has 0 aliphatic carbocycles. The molecule has 0 unspecified atom stereocenters. The summed E-state index contributed by atoms with van der Waals surface area (Å²) in [6.07, 6.45) is 1.54. The lowest BCUT2D eigenvalue weighted by atomic mass is 10.2. The van der Waals surface area contributed by atoms with Gasteiger partial charge in [-0.05, 0) is 75.6 Å². The number of benzene rings is 4. The maximum atomic E-state index is 12.6. The summed E-state index contributed by atoms with van der Waals surface area (Å²) in [5, 5.41) is 5.18. The lowest BCUT2D eigenvalue weighted by molar-refractivity contribution is 0.0954. The van der Waals surface area contributed by atoms with Crippen molar-refractivity contribution in [2.75, 3.05) is 7.11 Å². The Bertz CT molecular complexity index is 1450.